The molecule has 0 radical (unpaired) electrons. The third-order valence-corrected chi connectivity index (χ3v) is 4.21. The van der Waals surface area contributed by atoms with E-state index in [1.165, 1.54) is 39.0 Å². The minimum Gasteiger partial charge on any atom is -0.481 e. The van der Waals surface area contributed by atoms with Crippen LogP contribution in [-0.4, -0.2) is 36.0 Å². The topological polar surface area (TPSA) is 95.5 Å². The number of carboxylic acid groups (broad SMARTS) is 1. The van der Waals surface area contributed by atoms with Crippen molar-refractivity contribution in [2.24, 2.45) is 11.8 Å². The third-order valence-electron chi connectivity index (χ3n) is 4.21. The highest BCUT2D eigenvalue weighted by Gasteiger charge is 2.14. The van der Waals surface area contributed by atoms with Gasteiger partial charge < -0.3 is 15.7 Å². The second kappa shape index (κ2) is 10.2. The van der Waals surface area contributed by atoms with Gasteiger partial charge in [-0.15, -0.1) is 0 Å². The molecule has 1 atom stereocenters. The van der Waals surface area contributed by atoms with Crippen molar-refractivity contribution in [2.45, 2.75) is 58.3 Å². The number of hydrogen-bond acceptors (Lipinski definition) is 3. The van der Waals surface area contributed by atoms with Crippen molar-refractivity contribution in [3.8, 4) is 0 Å². The molecule has 3 N–H and O–H groups in total. The average molecular weight is 312 g/mol. The Labute approximate surface area is 132 Å². The molecule has 2 amide bonds. The number of carboxylic acids is 1. The molecule has 1 rings (SSSR count). The zero-order chi connectivity index (χ0) is 16.4. The molecule has 0 spiro atoms. The van der Waals surface area contributed by atoms with Crippen LogP contribution in [-0.2, 0) is 14.4 Å². The zero-order valence-corrected chi connectivity index (χ0v) is 13.4. The van der Waals surface area contributed by atoms with Gasteiger partial charge in [-0.2, -0.15) is 0 Å². The summed E-state index contributed by atoms with van der Waals surface area (Å²) in [5.41, 5.74) is 0. The maximum absolute atomic E-state index is 11.7. The van der Waals surface area contributed by atoms with E-state index in [1.54, 1.807) is 0 Å². The van der Waals surface area contributed by atoms with Crippen LogP contribution >= 0.6 is 0 Å². The molecule has 0 aromatic carbocycles. The third kappa shape index (κ3) is 8.00. The van der Waals surface area contributed by atoms with Gasteiger partial charge in [0.05, 0.1) is 12.5 Å². The van der Waals surface area contributed by atoms with Gasteiger partial charge in [0, 0.05) is 13.0 Å². The summed E-state index contributed by atoms with van der Waals surface area (Å²) in [6.45, 7) is 1.51. The van der Waals surface area contributed by atoms with E-state index in [9.17, 15) is 14.4 Å². The molecule has 0 saturated heterocycles. The normalized spacial score (nSPS) is 16.8. The minimum absolute atomic E-state index is 0.0751. The predicted molar refractivity (Wildman–Crippen MR) is 83.2 cm³/mol. The fourth-order valence-corrected chi connectivity index (χ4v) is 2.71. The highest BCUT2D eigenvalue weighted by molar-refractivity contribution is 5.84. The molecule has 1 aliphatic rings. The summed E-state index contributed by atoms with van der Waals surface area (Å²) in [5, 5.41) is 13.8. The Morgan fingerprint density at radius 2 is 1.77 bits per heavy atom. The molecule has 0 aliphatic heterocycles. The van der Waals surface area contributed by atoms with Crippen molar-refractivity contribution >= 4 is 17.8 Å². The first-order valence-electron chi connectivity index (χ1n) is 8.25. The number of nitrogens with one attached hydrogen (secondary N) is 2. The maximum atomic E-state index is 11.7. The fraction of sp³-hybridized carbons (Fsp3) is 0.812. The van der Waals surface area contributed by atoms with Gasteiger partial charge in [-0.05, 0) is 18.8 Å². The Morgan fingerprint density at radius 3 is 2.41 bits per heavy atom. The molecule has 0 aromatic heterocycles. The first kappa shape index (κ1) is 18.5. The van der Waals surface area contributed by atoms with Crippen LogP contribution in [0, 0.1) is 11.8 Å². The van der Waals surface area contributed by atoms with E-state index in [0.29, 0.717) is 6.42 Å². The molecule has 0 heterocycles. The number of amides is 2. The Kier molecular flexibility index (Phi) is 8.55. The van der Waals surface area contributed by atoms with Crippen LogP contribution in [0.4, 0.5) is 0 Å². The van der Waals surface area contributed by atoms with Gasteiger partial charge in [-0.25, -0.2) is 0 Å². The van der Waals surface area contributed by atoms with Gasteiger partial charge in [0.2, 0.25) is 11.8 Å². The predicted octanol–water partition coefficient (Wildman–Crippen LogP) is 1.69. The van der Waals surface area contributed by atoms with Crippen LogP contribution < -0.4 is 10.6 Å². The molecule has 1 saturated carbocycles. The number of aliphatic carboxylic acids is 1. The lowest BCUT2D eigenvalue weighted by atomic mass is 9.86. The monoisotopic (exact) mass is 312 g/mol. The lowest BCUT2D eigenvalue weighted by Gasteiger charge is -2.21. The Hall–Kier alpha value is -1.59. The molecule has 0 bridgehead atoms. The first-order chi connectivity index (χ1) is 10.5. The molecule has 1 aliphatic carbocycles. The molecular formula is C16H28N2O4. The molecule has 0 aromatic rings. The van der Waals surface area contributed by atoms with Crippen LogP contribution in [0.1, 0.15) is 58.3 Å². The van der Waals surface area contributed by atoms with E-state index in [2.05, 4.69) is 10.6 Å². The summed E-state index contributed by atoms with van der Waals surface area (Å²) in [7, 11) is 0. The number of rotatable bonds is 9. The van der Waals surface area contributed by atoms with Crippen molar-refractivity contribution < 1.29 is 19.5 Å². The highest BCUT2D eigenvalue weighted by atomic mass is 16.4. The highest BCUT2D eigenvalue weighted by Crippen LogP contribution is 2.27. The molecule has 0 unspecified atom stereocenters. The minimum atomic E-state index is -0.952. The number of hydrogen-bond donors (Lipinski definition) is 3. The standard InChI is InChI=1S/C16H28N2O4/c1-12(16(21)22)10-17-15(20)11-18-14(19)9-5-8-13-6-3-2-4-7-13/h12-13H,2-11H2,1H3,(H,17,20)(H,18,19)(H,21,22)/t12-/m0/s1. The Balaban J connectivity index is 2.04. The summed E-state index contributed by atoms with van der Waals surface area (Å²) < 4.78 is 0. The van der Waals surface area contributed by atoms with Gasteiger partial charge in [0.25, 0.3) is 0 Å². The van der Waals surface area contributed by atoms with E-state index < -0.39 is 11.9 Å². The van der Waals surface area contributed by atoms with Gasteiger partial charge in [-0.1, -0.05) is 39.0 Å². The summed E-state index contributed by atoms with van der Waals surface area (Å²) in [6, 6.07) is 0. The van der Waals surface area contributed by atoms with E-state index >= 15 is 0 Å². The molecule has 22 heavy (non-hydrogen) atoms. The van der Waals surface area contributed by atoms with Crippen LogP contribution in [0.15, 0.2) is 0 Å². The van der Waals surface area contributed by atoms with Crippen LogP contribution in [0.5, 0.6) is 0 Å². The van der Waals surface area contributed by atoms with Gasteiger partial charge in [0.1, 0.15) is 0 Å². The van der Waals surface area contributed by atoms with Crippen molar-refractivity contribution in [1.82, 2.24) is 10.6 Å². The van der Waals surface area contributed by atoms with E-state index in [1.807, 2.05) is 0 Å². The Bertz CT molecular complexity index is 378. The zero-order valence-electron chi connectivity index (χ0n) is 13.4. The maximum Gasteiger partial charge on any atom is 0.308 e. The van der Waals surface area contributed by atoms with Gasteiger partial charge in [-0.3, -0.25) is 14.4 Å². The average Bonchev–Trinajstić information content (AvgIpc) is 2.51. The van der Waals surface area contributed by atoms with E-state index in [-0.39, 0.29) is 24.9 Å². The summed E-state index contributed by atoms with van der Waals surface area (Å²) in [4.78, 5) is 33.7. The second-order valence-corrected chi connectivity index (χ2v) is 6.22. The summed E-state index contributed by atoms with van der Waals surface area (Å²) >= 11 is 0. The molecule has 6 heteroatoms. The quantitative estimate of drug-likeness (QED) is 0.604. The fourth-order valence-electron chi connectivity index (χ4n) is 2.71. The van der Waals surface area contributed by atoms with Crippen molar-refractivity contribution in [2.75, 3.05) is 13.1 Å². The van der Waals surface area contributed by atoms with E-state index in [0.717, 1.165) is 18.8 Å². The number of carbonyl (C=O) groups is 3. The van der Waals surface area contributed by atoms with Crippen LogP contribution in [0.3, 0.4) is 0 Å². The first-order valence-corrected chi connectivity index (χ1v) is 8.25. The molecule has 126 valence electrons. The number of carbonyl (C=O) groups excluding carboxylic acids is 2. The lowest BCUT2D eigenvalue weighted by Crippen LogP contribution is -2.39. The van der Waals surface area contributed by atoms with Crippen LogP contribution in [0.2, 0.25) is 0 Å². The Morgan fingerprint density at radius 1 is 1.09 bits per heavy atom. The van der Waals surface area contributed by atoms with Crippen molar-refractivity contribution in [3.63, 3.8) is 0 Å². The SMILES string of the molecule is C[C@@H](CNC(=O)CNC(=O)CCCC1CCCCC1)C(=O)O. The van der Waals surface area contributed by atoms with Crippen molar-refractivity contribution in [1.29, 1.82) is 0 Å². The summed E-state index contributed by atoms with van der Waals surface area (Å²) in [5.74, 6) is -1.28. The molecular weight excluding hydrogens is 284 g/mol. The lowest BCUT2D eigenvalue weighted by molar-refractivity contribution is -0.141. The van der Waals surface area contributed by atoms with Crippen LogP contribution in [0.25, 0.3) is 0 Å². The smallest absolute Gasteiger partial charge is 0.308 e. The van der Waals surface area contributed by atoms with Gasteiger partial charge >= 0.3 is 5.97 Å². The van der Waals surface area contributed by atoms with Gasteiger partial charge in [0.15, 0.2) is 0 Å². The molecule has 6 nitrogen and oxygen atoms in total. The largest absolute Gasteiger partial charge is 0.481 e. The van der Waals surface area contributed by atoms with Crippen molar-refractivity contribution in [3.05, 3.63) is 0 Å². The second-order valence-electron chi connectivity index (χ2n) is 6.22. The molecule has 1 fully saturated rings. The summed E-state index contributed by atoms with van der Waals surface area (Å²) in [6.07, 6.45) is 8.95. The van der Waals surface area contributed by atoms with E-state index in [4.69, 9.17) is 5.11 Å².